The van der Waals surface area contributed by atoms with Gasteiger partial charge in [-0.15, -0.1) is 0 Å². The first-order valence-electron chi connectivity index (χ1n) is 16.0. The Kier molecular flexibility index (Phi) is 11.4. The lowest BCUT2D eigenvalue weighted by atomic mass is 9.99. The summed E-state index contributed by atoms with van der Waals surface area (Å²) >= 11 is 6.83. The minimum atomic E-state index is -1.97. The van der Waals surface area contributed by atoms with Gasteiger partial charge in [0.1, 0.15) is 12.2 Å². The van der Waals surface area contributed by atoms with Crippen LogP contribution >= 0.6 is 31.9 Å². The number of amides is 2. The van der Waals surface area contributed by atoms with Gasteiger partial charge >= 0.3 is 0 Å². The second-order valence-corrected chi connectivity index (χ2v) is 14.1. The molecule has 6 rings (SSSR count). The van der Waals surface area contributed by atoms with Crippen LogP contribution in [0.25, 0.3) is 0 Å². The van der Waals surface area contributed by atoms with Gasteiger partial charge in [-0.3, -0.25) is 19.2 Å². The Balaban J connectivity index is 1.26. The summed E-state index contributed by atoms with van der Waals surface area (Å²) in [5.41, 5.74) is 3.60. The SMILES string of the molecule is O=C1C[C@@H](NC(=O)[C@H](OCc2cccc(Br)c2)[C@H](O)[C@@H](O)[C@@H](OCc2cccc(Br)c2)C(=O)N[C@@H]2CC(=O)c3ccccc32)c2ccccc21. The number of ether oxygens (including phenoxy) is 2. The highest BCUT2D eigenvalue weighted by Gasteiger charge is 2.43. The van der Waals surface area contributed by atoms with Crippen LogP contribution in [-0.4, -0.2) is 58.0 Å². The molecule has 0 saturated heterocycles. The predicted octanol–water partition coefficient (Wildman–Crippen LogP) is 5.29. The molecule has 0 aromatic heterocycles. The van der Waals surface area contributed by atoms with Crippen LogP contribution in [0.5, 0.6) is 0 Å². The van der Waals surface area contributed by atoms with Gasteiger partial charge in [0.25, 0.3) is 11.8 Å². The van der Waals surface area contributed by atoms with Crippen LogP contribution in [0.4, 0.5) is 0 Å². The van der Waals surface area contributed by atoms with Crippen molar-refractivity contribution in [1.82, 2.24) is 10.6 Å². The molecule has 10 nitrogen and oxygen atoms in total. The predicted molar refractivity (Wildman–Crippen MR) is 190 cm³/mol. The number of ketones is 2. The van der Waals surface area contributed by atoms with Crippen LogP contribution in [0.15, 0.2) is 106 Å². The Labute approximate surface area is 305 Å². The third kappa shape index (κ3) is 8.12. The van der Waals surface area contributed by atoms with E-state index in [1.54, 1.807) is 84.9 Å². The lowest BCUT2D eigenvalue weighted by Crippen LogP contribution is -2.56. The Morgan fingerprint density at radius 3 is 1.44 bits per heavy atom. The zero-order valence-electron chi connectivity index (χ0n) is 26.6. The third-order valence-corrected chi connectivity index (χ3v) is 9.80. The zero-order chi connectivity index (χ0) is 35.4. The normalized spacial score (nSPS) is 18.9. The van der Waals surface area contributed by atoms with Gasteiger partial charge in [0.2, 0.25) is 0 Å². The van der Waals surface area contributed by atoms with E-state index in [1.165, 1.54) is 0 Å². The third-order valence-electron chi connectivity index (χ3n) is 8.81. The fourth-order valence-corrected chi connectivity index (χ4v) is 7.22. The molecule has 0 radical (unpaired) electrons. The molecule has 0 heterocycles. The van der Waals surface area contributed by atoms with Crippen molar-refractivity contribution in [3.63, 3.8) is 0 Å². The molecule has 6 atom stereocenters. The zero-order valence-corrected chi connectivity index (χ0v) is 29.8. The first-order chi connectivity index (χ1) is 24.1. The van der Waals surface area contributed by atoms with E-state index in [-0.39, 0.29) is 37.6 Å². The maximum Gasteiger partial charge on any atom is 0.252 e. The molecule has 4 aromatic carbocycles. The highest BCUT2D eigenvalue weighted by molar-refractivity contribution is 9.10. The summed E-state index contributed by atoms with van der Waals surface area (Å²) in [6, 6.07) is 26.8. The number of hydrogen-bond donors (Lipinski definition) is 4. The molecule has 0 bridgehead atoms. The Bertz CT molecular complexity index is 1780. The average Bonchev–Trinajstić information content (AvgIpc) is 3.59. The number of benzene rings is 4. The molecule has 4 aromatic rings. The van der Waals surface area contributed by atoms with Crippen molar-refractivity contribution in [1.29, 1.82) is 0 Å². The lowest BCUT2D eigenvalue weighted by Gasteiger charge is -2.32. The van der Waals surface area contributed by atoms with Gasteiger partial charge in [0.05, 0.1) is 25.3 Å². The smallest absolute Gasteiger partial charge is 0.252 e. The quantitative estimate of drug-likeness (QED) is 0.142. The highest BCUT2D eigenvalue weighted by Crippen LogP contribution is 2.33. The number of carbonyl (C=O) groups excluding carboxylic acids is 4. The van der Waals surface area contributed by atoms with Gasteiger partial charge in [-0.25, -0.2) is 0 Å². The van der Waals surface area contributed by atoms with Gasteiger partial charge in [0, 0.05) is 32.9 Å². The minimum Gasteiger partial charge on any atom is -0.387 e. The second kappa shape index (κ2) is 15.9. The molecule has 0 aliphatic heterocycles. The number of hydrogen-bond acceptors (Lipinski definition) is 8. The second-order valence-electron chi connectivity index (χ2n) is 12.3. The largest absolute Gasteiger partial charge is 0.387 e. The lowest BCUT2D eigenvalue weighted by molar-refractivity contribution is -0.171. The van der Waals surface area contributed by atoms with Gasteiger partial charge in [-0.05, 0) is 46.5 Å². The molecule has 2 amide bonds. The average molecular weight is 807 g/mol. The van der Waals surface area contributed by atoms with Gasteiger partial charge in [-0.1, -0.05) is 105 Å². The van der Waals surface area contributed by atoms with Crippen molar-refractivity contribution in [2.75, 3.05) is 0 Å². The molecule has 2 aliphatic carbocycles. The molecular weight excluding hydrogens is 772 g/mol. The molecule has 258 valence electrons. The Hall–Kier alpha value is -4.04. The van der Waals surface area contributed by atoms with E-state index in [1.807, 2.05) is 12.1 Å². The van der Waals surface area contributed by atoms with Crippen molar-refractivity contribution < 1.29 is 38.9 Å². The number of nitrogens with one attached hydrogen (secondary N) is 2. The molecule has 0 saturated carbocycles. The molecule has 0 unspecified atom stereocenters. The van der Waals surface area contributed by atoms with Crippen molar-refractivity contribution in [3.05, 3.63) is 139 Å². The first kappa shape index (κ1) is 35.8. The van der Waals surface area contributed by atoms with E-state index in [2.05, 4.69) is 42.5 Å². The van der Waals surface area contributed by atoms with E-state index in [0.717, 1.165) is 8.95 Å². The minimum absolute atomic E-state index is 0.0183. The van der Waals surface area contributed by atoms with Crippen LogP contribution in [-0.2, 0) is 32.3 Å². The van der Waals surface area contributed by atoms with Gasteiger partial charge in [-0.2, -0.15) is 0 Å². The number of Topliss-reactive ketones (excluding diaryl/α,β-unsaturated/α-hetero) is 2. The molecule has 4 N–H and O–H groups in total. The van der Waals surface area contributed by atoms with Crippen molar-refractivity contribution in [2.45, 2.75) is 62.6 Å². The molecule has 50 heavy (non-hydrogen) atoms. The maximum atomic E-state index is 13.9. The summed E-state index contributed by atoms with van der Waals surface area (Å²) in [6.45, 7) is -0.254. The molecular formula is C38H34Br2N2O8. The van der Waals surface area contributed by atoms with Crippen LogP contribution in [0.2, 0.25) is 0 Å². The van der Waals surface area contributed by atoms with E-state index in [0.29, 0.717) is 33.4 Å². The Morgan fingerprint density at radius 2 is 1.04 bits per heavy atom. The summed E-state index contributed by atoms with van der Waals surface area (Å²) in [7, 11) is 0. The van der Waals surface area contributed by atoms with Crippen LogP contribution in [0.3, 0.4) is 0 Å². The summed E-state index contributed by atoms with van der Waals surface area (Å²) in [6.07, 6.45) is -7.28. The summed E-state index contributed by atoms with van der Waals surface area (Å²) in [5, 5.41) is 29.0. The highest BCUT2D eigenvalue weighted by atomic mass is 79.9. The maximum absolute atomic E-state index is 13.9. The molecule has 0 fully saturated rings. The number of fused-ring (bicyclic) bond motifs is 2. The summed E-state index contributed by atoms with van der Waals surface area (Å²) < 4.78 is 13.5. The van der Waals surface area contributed by atoms with E-state index < -0.39 is 48.3 Å². The van der Waals surface area contributed by atoms with Crippen LogP contribution in [0.1, 0.15) is 67.9 Å². The molecule has 2 aliphatic rings. The number of aliphatic hydroxyl groups is 2. The van der Waals surface area contributed by atoms with E-state index in [9.17, 15) is 29.4 Å². The topological polar surface area (TPSA) is 151 Å². The standard InChI is InChI=1S/C38H34Br2N2O8/c39-23-9-5-7-21(15-23)19-49-35(37(47)41-29-17-31(43)27-13-3-1-11-25(27)29)33(45)34(46)36(50-20-22-8-6-10-24(40)16-22)38(48)42-30-18-32(44)28-14-4-2-12-26(28)30/h1-16,29-30,33-36,45-46H,17-20H2,(H,41,47)(H,42,48)/t29-,30-,33-,34-,35-,36-/m1/s1. The molecule has 12 heteroatoms. The molecule has 0 spiro atoms. The fourth-order valence-electron chi connectivity index (χ4n) is 6.33. The van der Waals surface area contributed by atoms with E-state index in [4.69, 9.17) is 9.47 Å². The monoisotopic (exact) mass is 804 g/mol. The fraction of sp³-hybridized carbons (Fsp3) is 0.263. The summed E-state index contributed by atoms with van der Waals surface area (Å²) in [4.78, 5) is 53.1. The van der Waals surface area contributed by atoms with Crippen LogP contribution < -0.4 is 10.6 Å². The first-order valence-corrected chi connectivity index (χ1v) is 17.6. The number of aliphatic hydroxyl groups excluding tert-OH is 2. The van der Waals surface area contributed by atoms with Crippen molar-refractivity contribution in [2.24, 2.45) is 0 Å². The number of rotatable bonds is 13. The van der Waals surface area contributed by atoms with Gasteiger partial charge < -0.3 is 30.3 Å². The number of halogens is 2. The van der Waals surface area contributed by atoms with Gasteiger partial charge in [0.15, 0.2) is 23.8 Å². The van der Waals surface area contributed by atoms with E-state index >= 15 is 0 Å². The van der Waals surface area contributed by atoms with Crippen LogP contribution in [0, 0.1) is 0 Å². The Morgan fingerprint density at radius 1 is 0.640 bits per heavy atom. The number of carbonyl (C=O) groups is 4. The van der Waals surface area contributed by atoms with Crippen molar-refractivity contribution in [3.8, 4) is 0 Å². The van der Waals surface area contributed by atoms with Crippen molar-refractivity contribution >= 4 is 55.2 Å². The summed E-state index contributed by atoms with van der Waals surface area (Å²) in [5.74, 6) is -1.85.